The molecular weight excluding hydrogens is 338 g/mol. The van der Waals surface area contributed by atoms with Crippen LogP contribution in [0.5, 0.6) is 5.75 Å². The molecule has 1 aromatic heterocycles. The van der Waals surface area contributed by atoms with E-state index < -0.39 is 0 Å². The second-order valence-electron chi connectivity index (χ2n) is 7.35. The third kappa shape index (κ3) is 3.83. The van der Waals surface area contributed by atoms with E-state index in [-0.39, 0.29) is 17.7 Å². The van der Waals surface area contributed by atoms with Crippen molar-refractivity contribution in [2.75, 3.05) is 19.6 Å². The van der Waals surface area contributed by atoms with E-state index in [4.69, 9.17) is 0 Å². The van der Waals surface area contributed by atoms with Crippen molar-refractivity contribution in [2.24, 2.45) is 0 Å². The standard InChI is InChI=1S/C22H25N3O2/c1-15-21(19-13-18(26)7-8-20(19)23-15)22(27)24-17-10-12-25(14-17)11-9-16-5-3-2-4-6-16/h2-8,13,17,23,26H,9-12,14H2,1H3,(H,24,27). The number of fused-ring (bicyclic) bond motifs is 1. The number of nitrogens with one attached hydrogen (secondary N) is 2. The van der Waals surface area contributed by atoms with E-state index in [1.807, 2.05) is 13.0 Å². The van der Waals surface area contributed by atoms with Gasteiger partial charge in [-0.05, 0) is 43.5 Å². The van der Waals surface area contributed by atoms with Crippen molar-refractivity contribution in [3.8, 4) is 5.75 Å². The molecule has 2 aromatic carbocycles. The van der Waals surface area contributed by atoms with Crippen LogP contribution in [0, 0.1) is 6.92 Å². The van der Waals surface area contributed by atoms with E-state index in [2.05, 4.69) is 39.5 Å². The van der Waals surface area contributed by atoms with Gasteiger partial charge in [-0.25, -0.2) is 0 Å². The normalized spacial score (nSPS) is 17.4. The molecule has 1 unspecified atom stereocenters. The molecule has 1 fully saturated rings. The molecule has 140 valence electrons. The van der Waals surface area contributed by atoms with Gasteiger partial charge in [0.15, 0.2) is 0 Å². The van der Waals surface area contributed by atoms with Gasteiger partial charge in [0.05, 0.1) is 5.56 Å². The van der Waals surface area contributed by atoms with Crippen LogP contribution >= 0.6 is 0 Å². The van der Waals surface area contributed by atoms with Gasteiger partial charge in [-0.2, -0.15) is 0 Å². The summed E-state index contributed by atoms with van der Waals surface area (Å²) in [5.74, 6) is 0.0998. The number of nitrogens with zero attached hydrogens (tertiary/aromatic N) is 1. The number of amides is 1. The van der Waals surface area contributed by atoms with Crippen LogP contribution in [-0.2, 0) is 6.42 Å². The molecule has 0 aliphatic carbocycles. The van der Waals surface area contributed by atoms with Crippen molar-refractivity contribution in [1.82, 2.24) is 15.2 Å². The summed E-state index contributed by atoms with van der Waals surface area (Å²) in [6, 6.07) is 15.7. The summed E-state index contributed by atoms with van der Waals surface area (Å²) in [6.45, 7) is 4.79. The van der Waals surface area contributed by atoms with Gasteiger partial charge in [-0.1, -0.05) is 30.3 Å². The van der Waals surface area contributed by atoms with Crippen LogP contribution in [0.3, 0.4) is 0 Å². The van der Waals surface area contributed by atoms with Crippen LogP contribution < -0.4 is 5.32 Å². The first kappa shape index (κ1) is 17.6. The van der Waals surface area contributed by atoms with Gasteiger partial charge >= 0.3 is 0 Å². The SMILES string of the molecule is Cc1[nH]c2ccc(O)cc2c1C(=O)NC1CCN(CCc2ccccc2)C1. The number of carbonyl (C=O) groups excluding carboxylic acids is 1. The summed E-state index contributed by atoms with van der Waals surface area (Å²) in [7, 11) is 0. The summed E-state index contributed by atoms with van der Waals surface area (Å²) in [5, 5.41) is 13.7. The Bertz CT molecular complexity index is 949. The minimum atomic E-state index is -0.0701. The number of H-pyrrole nitrogens is 1. The zero-order chi connectivity index (χ0) is 18.8. The number of aryl methyl sites for hydroxylation is 1. The van der Waals surface area contributed by atoms with Crippen LogP contribution in [0.1, 0.15) is 28.0 Å². The smallest absolute Gasteiger partial charge is 0.253 e. The summed E-state index contributed by atoms with van der Waals surface area (Å²) in [4.78, 5) is 18.5. The lowest BCUT2D eigenvalue weighted by Crippen LogP contribution is -2.37. The number of rotatable bonds is 5. The molecule has 27 heavy (non-hydrogen) atoms. The molecule has 1 aliphatic heterocycles. The van der Waals surface area contributed by atoms with Gasteiger partial charge in [0.25, 0.3) is 5.91 Å². The number of aromatic nitrogens is 1. The van der Waals surface area contributed by atoms with Crippen LogP contribution in [-0.4, -0.2) is 46.6 Å². The van der Waals surface area contributed by atoms with E-state index in [9.17, 15) is 9.90 Å². The van der Waals surface area contributed by atoms with Crippen LogP contribution in [0.4, 0.5) is 0 Å². The number of phenolic OH excluding ortho intramolecular Hbond substituents is 1. The highest BCUT2D eigenvalue weighted by Crippen LogP contribution is 2.26. The predicted octanol–water partition coefficient (Wildman–Crippen LogP) is 3.23. The molecule has 5 heteroatoms. The fourth-order valence-electron chi connectivity index (χ4n) is 3.95. The zero-order valence-electron chi connectivity index (χ0n) is 15.5. The molecule has 0 saturated carbocycles. The van der Waals surface area contributed by atoms with Gasteiger partial charge < -0.3 is 20.3 Å². The maximum Gasteiger partial charge on any atom is 0.253 e. The number of carbonyl (C=O) groups is 1. The summed E-state index contributed by atoms with van der Waals surface area (Å²) < 4.78 is 0. The molecule has 1 amide bonds. The minimum Gasteiger partial charge on any atom is -0.508 e. The average Bonchev–Trinajstić information content (AvgIpc) is 3.23. The molecule has 2 heterocycles. The zero-order valence-corrected chi connectivity index (χ0v) is 15.5. The topological polar surface area (TPSA) is 68.4 Å². The first-order valence-corrected chi connectivity index (χ1v) is 9.48. The lowest BCUT2D eigenvalue weighted by molar-refractivity contribution is 0.0939. The van der Waals surface area contributed by atoms with Crippen molar-refractivity contribution < 1.29 is 9.90 Å². The molecule has 1 aliphatic rings. The number of hydrogen-bond donors (Lipinski definition) is 3. The Kier molecular flexibility index (Phi) is 4.86. The monoisotopic (exact) mass is 363 g/mol. The maximum atomic E-state index is 12.9. The molecular formula is C22H25N3O2. The fourth-order valence-corrected chi connectivity index (χ4v) is 3.95. The van der Waals surface area contributed by atoms with Crippen molar-refractivity contribution in [3.05, 3.63) is 65.4 Å². The maximum absolute atomic E-state index is 12.9. The Morgan fingerprint density at radius 2 is 2.07 bits per heavy atom. The molecule has 0 spiro atoms. The summed E-state index contributed by atoms with van der Waals surface area (Å²) in [6.07, 6.45) is 2.00. The van der Waals surface area contributed by atoms with Crippen molar-refractivity contribution >= 4 is 16.8 Å². The van der Waals surface area contributed by atoms with E-state index in [1.54, 1.807) is 18.2 Å². The number of aromatic hydroxyl groups is 1. The summed E-state index contributed by atoms with van der Waals surface area (Å²) in [5.41, 5.74) is 3.67. The Morgan fingerprint density at radius 1 is 1.26 bits per heavy atom. The lowest BCUT2D eigenvalue weighted by Gasteiger charge is -2.17. The highest BCUT2D eigenvalue weighted by atomic mass is 16.3. The average molecular weight is 363 g/mol. The number of phenols is 1. The third-order valence-electron chi connectivity index (χ3n) is 5.36. The Morgan fingerprint density at radius 3 is 2.89 bits per heavy atom. The molecule has 1 atom stereocenters. The van der Waals surface area contributed by atoms with Crippen molar-refractivity contribution in [1.29, 1.82) is 0 Å². The fraction of sp³-hybridized carbons (Fsp3) is 0.318. The van der Waals surface area contributed by atoms with Crippen LogP contribution in [0.25, 0.3) is 10.9 Å². The largest absolute Gasteiger partial charge is 0.508 e. The quantitative estimate of drug-likeness (QED) is 0.652. The molecule has 5 nitrogen and oxygen atoms in total. The van der Waals surface area contributed by atoms with E-state index in [1.165, 1.54) is 5.56 Å². The molecule has 0 bridgehead atoms. The highest BCUT2D eigenvalue weighted by Gasteiger charge is 2.25. The van der Waals surface area contributed by atoms with E-state index in [0.29, 0.717) is 5.56 Å². The van der Waals surface area contributed by atoms with Gasteiger partial charge in [0.1, 0.15) is 5.75 Å². The Hall–Kier alpha value is -2.79. The molecule has 3 N–H and O–H groups in total. The third-order valence-corrected chi connectivity index (χ3v) is 5.36. The Labute approximate surface area is 159 Å². The van der Waals surface area contributed by atoms with Gasteiger partial charge in [-0.15, -0.1) is 0 Å². The van der Waals surface area contributed by atoms with Crippen molar-refractivity contribution in [3.63, 3.8) is 0 Å². The van der Waals surface area contributed by atoms with E-state index >= 15 is 0 Å². The van der Waals surface area contributed by atoms with Gasteiger partial charge in [0.2, 0.25) is 0 Å². The molecule has 0 radical (unpaired) electrons. The summed E-state index contributed by atoms with van der Waals surface area (Å²) >= 11 is 0. The number of likely N-dealkylation sites (tertiary alicyclic amines) is 1. The predicted molar refractivity (Wildman–Crippen MR) is 107 cm³/mol. The lowest BCUT2D eigenvalue weighted by atomic mass is 10.1. The first-order valence-electron chi connectivity index (χ1n) is 9.48. The Balaban J connectivity index is 1.38. The molecule has 4 rings (SSSR count). The number of hydrogen-bond acceptors (Lipinski definition) is 3. The number of aromatic amines is 1. The molecule has 1 saturated heterocycles. The second-order valence-corrected chi connectivity index (χ2v) is 7.35. The van der Waals surface area contributed by atoms with Crippen LogP contribution in [0.2, 0.25) is 0 Å². The van der Waals surface area contributed by atoms with Crippen LogP contribution in [0.15, 0.2) is 48.5 Å². The molecule has 3 aromatic rings. The van der Waals surface area contributed by atoms with E-state index in [0.717, 1.165) is 49.1 Å². The van der Waals surface area contributed by atoms with Crippen molar-refractivity contribution in [2.45, 2.75) is 25.8 Å². The number of benzene rings is 2. The first-order chi connectivity index (χ1) is 13.1. The minimum absolute atomic E-state index is 0.0701. The van der Waals surface area contributed by atoms with Gasteiger partial charge in [0, 0.05) is 42.3 Å². The van der Waals surface area contributed by atoms with Gasteiger partial charge in [-0.3, -0.25) is 4.79 Å². The highest BCUT2D eigenvalue weighted by molar-refractivity contribution is 6.08. The second kappa shape index (κ2) is 7.45.